The lowest BCUT2D eigenvalue weighted by atomic mass is 9.93. The van der Waals surface area contributed by atoms with Gasteiger partial charge in [0.15, 0.2) is 11.1 Å². The molecule has 0 aliphatic carbocycles. The number of aromatic carboxylic acids is 1. The first-order valence-corrected chi connectivity index (χ1v) is 12.3. The van der Waals surface area contributed by atoms with Crippen LogP contribution in [0.25, 0.3) is 16.9 Å². The molecule has 190 valence electrons. The summed E-state index contributed by atoms with van der Waals surface area (Å²) in [7, 11) is 0. The lowest BCUT2D eigenvalue weighted by Gasteiger charge is -2.44. The van der Waals surface area contributed by atoms with E-state index >= 15 is 0 Å². The summed E-state index contributed by atoms with van der Waals surface area (Å²) >= 11 is 6.87. The van der Waals surface area contributed by atoms with E-state index in [1.54, 1.807) is 29.1 Å². The van der Waals surface area contributed by atoms with Crippen molar-refractivity contribution in [3.8, 4) is 17.0 Å². The van der Waals surface area contributed by atoms with Gasteiger partial charge in [-0.3, -0.25) is 18.9 Å². The van der Waals surface area contributed by atoms with Crippen LogP contribution >= 0.6 is 11.6 Å². The van der Waals surface area contributed by atoms with Crippen molar-refractivity contribution in [3.63, 3.8) is 0 Å². The van der Waals surface area contributed by atoms with E-state index in [1.165, 1.54) is 21.3 Å². The van der Waals surface area contributed by atoms with Crippen molar-refractivity contribution in [1.82, 2.24) is 18.9 Å². The van der Waals surface area contributed by atoms with Crippen LogP contribution < -0.4 is 20.9 Å². The maximum Gasteiger partial charge on any atom is 0.350 e. The molecule has 3 aromatic heterocycles. The number of hydrogen-bond donors (Lipinski definition) is 1. The predicted molar refractivity (Wildman–Crippen MR) is 137 cm³/mol. The lowest BCUT2D eigenvalue weighted by Crippen LogP contribution is -2.50. The van der Waals surface area contributed by atoms with E-state index < -0.39 is 16.9 Å². The molecule has 6 rings (SSSR count). The van der Waals surface area contributed by atoms with Gasteiger partial charge in [0, 0.05) is 24.0 Å². The molecule has 1 fully saturated rings. The molecule has 4 aromatic rings. The first-order chi connectivity index (χ1) is 17.7. The van der Waals surface area contributed by atoms with E-state index in [4.69, 9.17) is 16.3 Å². The summed E-state index contributed by atoms with van der Waals surface area (Å²) in [6.07, 6.45) is 3.73. The summed E-state index contributed by atoms with van der Waals surface area (Å²) in [5.41, 5.74) is 1.39. The minimum Gasteiger partial charge on any atom is -0.492 e. The number of nitrogens with zero attached hydrogens (tertiary/aromatic N) is 5. The number of hydrogen-bond acceptors (Lipinski definition) is 6. The third-order valence-corrected chi connectivity index (χ3v) is 7.49. The highest BCUT2D eigenvalue weighted by atomic mass is 35.5. The van der Waals surface area contributed by atoms with Gasteiger partial charge >= 0.3 is 11.7 Å². The van der Waals surface area contributed by atoms with Crippen molar-refractivity contribution in [3.05, 3.63) is 86.7 Å². The van der Waals surface area contributed by atoms with Crippen LogP contribution in [0.15, 0.2) is 64.4 Å². The standard InChI is InChI=1S/C26H24ClN5O5/c1-26(2)13-19(27)23-17-11-15(37-10-9-30-25(36)29-8-4-3-5-22(29)28-30)6-7-16(17)20-12-21(33)18(24(34)35)14-31(20)32(23)26/h3-8,11-12,14,19,23H,9-10,13H2,1-2H3,(H,34,35)/t19-,23?/m1/s1. The van der Waals surface area contributed by atoms with Crippen LogP contribution in [0.1, 0.15) is 42.2 Å². The number of carboxylic acids is 1. The molecule has 2 aliphatic heterocycles. The average Bonchev–Trinajstić information content (AvgIpc) is 3.30. The quantitative estimate of drug-likeness (QED) is 0.402. The van der Waals surface area contributed by atoms with Crippen LogP contribution in [0.5, 0.6) is 5.75 Å². The monoisotopic (exact) mass is 521 g/mol. The first-order valence-electron chi connectivity index (χ1n) is 11.9. The zero-order valence-corrected chi connectivity index (χ0v) is 20.9. The average molecular weight is 522 g/mol. The van der Waals surface area contributed by atoms with Gasteiger partial charge in [-0.1, -0.05) is 6.07 Å². The fourth-order valence-corrected chi connectivity index (χ4v) is 6.12. The van der Waals surface area contributed by atoms with Gasteiger partial charge < -0.3 is 9.84 Å². The molecule has 5 heterocycles. The summed E-state index contributed by atoms with van der Waals surface area (Å²) < 4.78 is 10.6. The highest BCUT2D eigenvalue weighted by Gasteiger charge is 2.50. The van der Waals surface area contributed by atoms with Crippen LogP contribution in [0.3, 0.4) is 0 Å². The Hall–Kier alpha value is -4.05. The summed E-state index contributed by atoms with van der Waals surface area (Å²) in [5, 5.41) is 15.7. The Bertz CT molecular complexity index is 1690. The Morgan fingerprint density at radius 2 is 2.03 bits per heavy atom. The summed E-state index contributed by atoms with van der Waals surface area (Å²) in [6, 6.07) is 12.0. The van der Waals surface area contributed by atoms with Crippen molar-refractivity contribution < 1.29 is 14.6 Å². The van der Waals surface area contributed by atoms with Gasteiger partial charge in [-0.15, -0.1) is 16.7 Å². The maximum atomic E-state index is 12.6. The topological polar surface area (TPSA) is 111 Å². The third-order valence-electron chi connectivity index (χ3n) is 7.09. The Kier molecular flexibility index (Phi) is 5.20. The maximum absolute atomic E-state index is 12.6. The Balaban J connectivity index is 1.35. The SMILES string of the molecule is CC1(C)C[C@@H](Cl)C2c3cc(OCCn4nc5ccccn5c4=O)ccc3-c3cc(=O)c(C(=O)O)cn3N21. The Labute approximate surface area is 215 Å². The second kappa shape index (κ2) is 8.24. The number of rotatable bonds is 5. The number of carbonyl (C=O) groups is 1. The van der Waals surface area contributed by atoms with Crippen LogP contribution in [-0.2, 0) is 6.54 Å². The zero-order chi connectivity index (χ0) is 26.1. The second-order valence-corrected chi connectivity index (χ2v) is 10.5. The van der Waals surface area contributed by atoms with Crippen LogP contribution in [0.2, 0.25) is 0 Å². The molecule has 37 heavy (non-hydrogen) atoms. The Morgan fingerprint density at radius 3 is 2.78 bits per heavy atom. The number of halogens is 1. The molecular weight excluding hydrogens is 498 g/mol. The summed E-state index contributed by atoms with van der Waals surface area (Å²) in [5.74, 6) is -0.669. The van der Waals surface area contributed by atoms with E-state index in [2.05, 4.69) is 5.10 Å². The van der Waals surface area contributed by atoms with Crippen molar-refractivity contribution in [2.24, 2.45) is 0 Å². The van der Waals surface area contributed by atoms with Crippen molar-refractivity contribution in [1.29, 1.82) is 0 Å². The highest BCUT2D eigenvalue weighted by Crippen LogP contribution is 2.50. The van der Waals surface area contributed by atoms with E-state index in [9.17, 15) is 19.5 Å². The highest BCUT2D eigenvalue weighted by molar-refractivity contribution is 6.21. The molecule has 11 heteroatoms. The first kappa shape index (κ1) is 23.4. The molecular formula is C26H24ClN5O5. The zero-order valence-electron chi connectivity index (χ0n) is 20.2. The molecule has 0 bridgehead atoms. The number of benzene rings is 1. The fourth-order valence-electron chi connectivity index (χ4n) is 5.50. The molecule has 0 amide bonds. The van der Waals surface area contributed by atoms with Crippen LogP contribution in [-0.4, -0.2) is 47.5 Å². The third kappa shape index (κ3) is 3.62. The van der Waals surface area contributed by atoms with Crippen molar-refractivity contribution in [2.75, 3.05) is 11.6 Å². The molecule has 1 N–H and O–H groups in total. The minimum atomic E-state index is -1.27. The smallest absolute Gasteiger partial charge is 0.350 e. The van der Waals surface area contributed by atoms with Gasteiger partial charge in [-0.2, -0.15) is 0 Å². The van der Waals surface area contributed by atoms with E-state index in [1.807, 2.05) is 37.1 Å². The lowest BCUT2D eigenvalue weighted by molar-refractivity contribution is 0.0694. The van der Waals surface area contributed by atoms with Gasteiger partial charge in [0.05, 0.1) is 29.2 Å². The number of ether oxygens (including phenoxy) is 1. The van der Waals surface area contributed by atoms with Crippen molar-refractivity contribution >= 4 is 23.2 Å². The van der Waals surface area contributed by atoms with E-state index in [0.717, 1.165) is 11.1 Å². The molecule has 1 aromatic carbocycles. The van der Waals surface area contributed by atoms with Gasteiger partial charge in [0.25, 0.3) is 0 Å². The van der Waals surface area contributed by atoms with E-state index in [-0.39, 0.29) is 35.8 Å². The van der Waals surface area contributed by atoms with Gasteiger partial charge in [0.2, 0.25) is 0 Å². The van der Waals surface area contributed by atoms with Gasteiger partial charge in [-0.25, -0.2) is 14.3 Å². The van der Waals surface area contributed by atoms with Crippen LogP contribution in [0.4, 0.5) is 0 Å². The van der Waals surface area contributed by atoms with Gasteiger partial charge in [-0.05, 0) is 56.2 Å². The Morgan fingerprint density at radius 1 is 1.22 bits per heavy atom. The molecule has 10 nitrogen and oxygen atoms in total. The van der Waals surface area contributed by atoms with Crippen LogP contribution in [0, 0.1) is 0 Å². The second-order valence-electron chi connectivity index (χ2n) is 9.94. The molecule has 2 atom stereocenters. The predicted octanol–water partition coefficient (Wildman–Crippen LogP) is 2.88. The summed E-state index contributed by atoms with van der Waals surface area (Å²) in [4.78, 5) is 36.8. The minimum absolute atomic E-state index is 0.227. The number of alkyl halides is 1. The molecule has 0 saturated carbocycles. The number of carboxylic acid groups (broad SMARTS) is 1. The molecule has 2 aliphatic rings. The summed E-state index contributed by atoms with van der Waals surface area (Å²) in [6.45, 7) is 4.59. The molecule has 0 spiro atoms. The fraction of sp³-hybridized carbons (Fsp3) is 0.308. The number of aromatic nitrogens is 4. The largest absolute Gasteiger partial charge is 0.492 e. The number of fused-ring (bicyclic) bond motifs is 7. The van der Waals surface area contributed by atoms with Gasteiger partial charge in [0.1, 0.15) is 17.9 Å². The molecule has 0 radical (unpaired) electrons. The molecule has 1 saturated heterocycles. The van der Waals surface area contributed by atoms with E-state index in [0.29, 0.717) is 23.5 Å². The number of pyridine rings is 2. The van der Waals surface area contributed by atoms with Crippen molar-refractivity contribution in [2.45, 2.75) is 43.8 Å². The molecule has 1 unspecified atom stereocenters. The normalized spacial score (nSPS) is 19.4.